The molecule has 1 aromatic carbocycles. The fraction of sp³-hybridized carbons (Fsp3) is 0.353. The monoisotopic (exact) mass is 254 g/mol. The predicted molar refractivity (Wildman–Crippen MR) is 78.3 cm³/mol. The van der Waals surface area contributed by atoms with Crippen LogP contribution in [0.2, 0.25) is 0 Å². The van der Waals surface area contributed by atoms with E-state index in [1.807, 2.05) is 24.3 Å². The van der Waals surface area contributed by atoms with Crippen molar-refractivity contribution in [2.24, 2.45) is 0 Å². The Morgan fingerprint density at radius 1 is 1.26 bits per heavy atom. The van der Waals surface area contributed by atoms with E-state index in [2.05, 4.69) is 13.0 Å². The van der Waals surface area contributed by atoms with Crippen LogP contribution in [0.5, 0.6) is 0 Å². The Morgan fingerprint density at radius 3 is 2.95 bits per heavy atom. The van der Waals surface area contributed by atoms with Crippen molar-refractivity contribution in [3.8, 4) is 0 Å². The van der Waals surface area contributed by atoms with Gasteiger partial charge in [-0.05, 0) is 37.0 Å². The van der Waals surface area contributed by atoms with Gasteiger partial charge in [0.05, 0.1) is 10.9 Å². The molecule has 0 aliphatic heterocycles. The zero-order valence-electron chi connectivity index (χ0n) is 11.2. The van der Waals surface area contributed by atoms with Crippen LogP contribution in [0.4, 0.5) is 0 Å². The molecule has 0 bridgehead atoms. The number of hydrogen-bond donors (Lipinski definition) is 0. The number of unbranched alkanes of at least 4 members (excludes halogenated alkanes) is 1. The summed E-state index contributed by atoms with van der Waals surface area (Å²) in [6, 6.07) is 7.53. The van der Waals surface area contributed by atoms with Crippen molar-refractivity contribution < 1.29 is 4.42 Å². The van der Waals surface area contributed by atoms with Crippen LogP contribution < -0.4 is 5.43 Å². The zero-order valence-corrected chi connectivity index (χ0v) is 11.2. The lowest BCUT2D eigenvalue weighted by atomic mass is 9.89. The number of para-hydroxylation sites is 1. The normalized spacial score (nSPS) is 16.8. The number of aryl methyl sites for hydroxylation is 1. The Bertz CT molecular complexity index is 692. The van der Waals surface area contributed by atoms with Gasteiger partial charge in [-0.2, -0.15) is 0 Å². The van der Waals surface area contributed by atoms with Gasteiger partial charge in [0.15, 0.2) is 5.43 Å². The van der Waals surface area contributed by atoms with Crippen LogP contribution in [0.3, 0.4) is 0 Å². The van der Waals surface area contributed by atoms with Crippen LogP contribution in [0.15, 0.2) is 39.6 Å². The summed E-state index contributed by atoms with van der Waals surface area (Å²) in [6.45, 7) is 2.16. The van der Waals surface area contributed by atoms with E-state index >= 15 is 0 Å². The Labute approximate surface area is 112 Å². The van der Waals surface area contributed by atoms with Crippen molar-refractivity contribution in [1.29, 1.82) is 0 Å². The van der Waals surface area contributed by atoms with Gasteiger partial charge in [0.1, 0.15) is 11.3 Å². The number of benzene rings is 1. The minimum Gasteiger partial charge on any atom is -0.460 e. The maximum absolute atomic E-state index is 12.6. The average Bonchev–Trinajstić information content (AvgIpc) is 2.45. The fourth-order valence-corrected chi connectivity index (χ4v) is 2.78. The molecule has 0 N–H and O–H groups in total. The second-order valence-electron chi connectivity index (χ2n) is 5.10. The molecule has 1 aromatic heterocycles. The van der Waals surface area contributed by atoms with E-state index < -0.39 is 0 Å². The van der Waals surface area contributed by atoms with Crippen molar-refractivity contribution in [3.05, 3.63) is 51.9 Å². The van der Waals surface area contributed by atoms with E-state index in [0.717, 1.165) is 43.4 Å². The lowest BCUT2D eigenvalue weighted by Gasteiger charge is -2.17. The Hall–Kier alpha value is -1.83. The van der Waals surface area contributed by atoms with Crippen molar-refractivity contribution in [2.45, 2.75) is 39.0 Å². The summed E-state index contributed by atoms with van der Waals surface area (Å²) in [4.78, 5) is 12.6. The topological polar surface area (TPSA) is 30.2 Å². The molecule has 2 aromatic rings. The van der Waals surface area contributed by atoms with Gasteiger partial charge in [-0.3, -0.25) is 4.79 Å². The zero-order chi connectivity index (χ0) is 13.2. The van der Waals surface area contributed by atoms with E-state index in [1.165, 1.54) is 5.57 Å². The van der Waals surface area contributed by atoms with E-state index in [1.54, 1.807) is 0 Å². The summed E-state index contributed by atoms with van der Waals surface area (Å²) in [6.07, 6.45) is 7.29. The molecule has 0 saturated heterocycles. The highest BCUT2D eigenvalue weighted by atomic mass is 16.3. The first kappa shape index (κ1) is 12.2. The van der Waals surface area contributed by atoms with Crippen LogP contribution in [0, 0.1) is 0 Å². The third-order valence-corrected chi connectivity index (χ3v) is 3.72. The number of allylic oxidation sites excluding steroid dienone is 2. The van der Waals surface area contributed by atoms with Crippen molar-refractivity contribution in [2.75, 3.05) is 0 Å². The quantitative estimate of drug-likeness (QED) is 0.799. The van der Waals surface area contributed by atoms with Crippen LogP contribution in [0.1, 0.15) is 43.9 Å². The molecule has 2 heteroatoms. The standard InChI is InChI=1S/C17H18O2/c1-2-3-7-12-8-6-11-15-16(12)17(18)13-9-4-5-10-14(13)19-15/h4-5,7,9-10H,2-3,6,8,11H2,1H3/b12-7+. The minimum absolute atomic E-state index is 0.138. The molecule has 3 rings (SSSR count). The second kappa shape index (κ2) is 5.04. The summed E-state index contributed by atoms with van der Waals surface area (Å²) in [5, 5.41) is 0.700. The maximum atomic E-state index is 12.6. The van der Waals surface area contributed by atoms with Gasteiger partial charge in [-0.1, -0.05) is 31.6 Å². The first-order chi connectivity index (χ1) is 9.31. The lowest BCUT2D eigenvalue weighted by molar-refractivity contribution is 0.516. The molecule has 0 radical (unpaired) electrons. The third-order valence-electron chi connectivity index (χ3n) is 3.72. The van der Waals surface area contributed by atoms with Gasteiger partial charge in [-0.15, -0.1) is 0 Å². The van der Waals surface area contributed by atoms with Crippen LogP contribution in [-0.2, 0) is 6.42 Å². The van der Waals surface area contributed by atoms with Crippen molar-refractivity contribution in [1.82, 2.24) is 0 Å². The molecule has 1 aliphatic carbocycles. The Morgan fingerprint density at radius 2 is 2.11 bits per heavy atom. The molecule has 0 unspecified atom stereocenters. The fourth-order valence-electron chi connectivity index (χ4n) is 2.78. The molecule has 1 heterocycles. The van der Waals surface area contributed by atoms with E-state index in [-0.39, 0.29) is 5.43 Å². The molecule has 98 valence electrons. The molecule has 19 heavy (non-hydrogen) atoms. The molecule has 1 aliphatic rings. The summed E-state index contributed by atoms with van der Waals surface area (Å²) in [5.74, 6) is 0.873. The third kappa shape index (κ3) is 2.12. The first-order valence-electron chi connectivity index (χ1n) is 7.05. The Balaban J connectivity index is 2.26. The highest BCUT2D eigenvalue weighted by molar-refractivity contribution is 5.82. The summed E-state index contributed by atoms with van der Waals surface area (Å²) < 4.78 is 5.93. The minimum atomic E-state index is 0.138. The van der Waals surface area contributed by atoms with Crippen molar-refractivity contribution >= 4 is 16.5 Å². The first-order valence-corrected chi connectivity index (χ1v) is 7.05. The molecule has 2 nitrogen and oxygen atoms in total. The van der Waals surface area contributed by atoms with Crippen LogP contribution >= 0.6 is 0 Å². The Kier molecular flexibility index (Phi) is 3.24. The smallest absolute Gasteiger partial charge is 0.200 e. The van der Waals surface area contributed by atoms with Crippen LogP contribution in [-0.4, -0.2) is 0 Å². The van der Waals surface area contributed by atoms with Gasteiger partial charge in [0.25, 0.3) is 0 Å². The SMILES string of the molecule is CCC/C=C1\CCCc2oc3ccccc3c(=O)c21. The average molecular weight is 254 g/mol. The molecule has 0 amide bonds. The predicted octanol–water partition coefficient (Wildman–Crippen LogP) is 4.31. The summed E-state index contributed by atoms with van der Waals surface area (Å²) in [5.41, 5.74) is 2.86. The second-order valence-corrected chi connectivity index (χ2v) is 5.10. The molecule has 0 atom stereocenters. The highest BCUT2D eigenvalue weighted by Crippen LogP contribution is 2.31. The number of rotatable bonds is 2. The lowest BCUT2D eigenvalue weighted by Crippen LogP contribution is -2.15. The highest BCUT2D eigenvalue weighted by Gasteiger charge is 2.21. The van der Waals surface area contributed by atoms with E-state index in [4.69, 9.17) is 4.42 Å². The van der Waals surface area contributed by atoms with Crippen molar-refractivity contribution in [3.63, 3.8) is 0 Å². The summed E-state index contributed by atoms with van der Waals surface area (Å²) >= 11 is 0. The molecule has 0 saturated carbocycles. The van der Waals surface area contributed by atoms with Gasteiger partial charge in [0.2, 0.25) is 0 Å². The molecular weight excluding hydrogens is 236 g/mol. The number of fused-ring (bicyclic) bond motifs is 2. The molecule has 0 fully saturated rings. The molecular formula is C17H18O2. The maximum Gasteiger partial charge on any atom is 0.200 e. The van der Waals surface area contributed by atoms with Crippen LogP contribution in [0.25, 0.3) is 16.5 Å². The largest absolute Gasteiger partial charge is 0.460 e. The van der Waals surface area contributed by atoms with Gasteiger partial charge < -0.3 is 4.42 Å². The number of hydrogen-bond acceptors (Lipinski definition) is 2. The van der Waals surface area contributed by atoms with E-state index in [0.29, 0.717) is 11.0 Å². The summed E-state index contributed by atoms with van der Waals surface area (Å²) in [7, 11) is 0. The molecule has 0 spiro atoms. The van der Waals surface area contributed by atoms with Gasteiger partial charge >= 0.3 is 0 Å². The van der Waals surface area contributed by atoms with Gasteiger partial charge in [-0.25, -0.2) is 0 Å². The van der Waals surface area contributed by atoms with E-state index in [9.17, 15) is 4.79 Å². The van der Waals surface area contributed by atoms with Gasteiger partial charge in [0, 0.05) is 6.42 Å².